The van der Waals surface area contributed by atoms with Crippen molar-refractivity contribution in [3.8, 4) is 5.75 Å². The van der Waals surface area contributed by atoms with Crippen LogP contribution in [0.4, 0.5) is 10.1 Å². The third-order valence-corrected chi connectivity index (χ3v) is 3.52. The van der Waals surface area contributed by atoms with Crippen molar-refractivity contribution in [2.75, 3.05) is 6.54 Å². The van der Waals surface area contributed by atoms with Crippen LogP contribution in [0.15, 0.2) is 12.1 Å². The predicted molar refractivity (Wildman–Crippen MR) is 59.3 cm³/mol. The number of hydrogen-bond acceptors (Lipinski definition) is 4. The molecule has 0 radical (unpaired) electrons. The summed E-state index contributed by atoms with van der Waals surface area (Å²) in [5.74, 6) is -1.18. The highest BCUT2D eigenvalue weighted by molar-refractivity contribution is 5.54. The fraction of sp³-hybridized carbons (Fsp3) is 0.455. The van der Waals surface area contributed by atoms with Crippen molar-refractivity contribution in [3.05, 3.63) is 33.6 Å². The van der Waals surface area contributed by atoms with Crippen molar-refractivity contribution < 1.29 is 14.4 Å². The maximum atomic E-state index is 13.3. The summed E-state index contributed by atoms with van der Waals surface area (Å²) in [5.41, 5.74) is 4.80. The second-order valence-electron chi connectivity index (χ2n) is 4.42. The summed E-state index contributed by atoms with van der Waals surface area (Å²) in [7, 11) is 0. The molecule has 0 aromatic heterocycles. The van der Waals surface area contributed by atoms with Crippen molar-refractivity contribution in [2.24, 2.45) is 5.73 Å². The van der Waals surface area contributed by atoms with Crippen LogP contribution in [-0.4, -0.2) is 16.6 Å². The van der Waals surface area contributed by atoms with Gasteiger partial charge >= 0.3 is 5.69 Å². The summed E-state index contributed by atoms with van der Waals surface area (Å²) in [6.07, 6.45) is 2.37. The maximum Gasteiger partial charge on any atom is 0.313 e. The lowest BCUT2D eigenvalue weighted by molar-refractivity contribution is -0.386. The van der Waals surface area contributed by atoms with E-state index in [0.29, 0.717) is 0 Å². The highest BCUT2D eigenvalue weighted by Crippen LogP contribution is 2.48. The van der Waals surface area contributed by atoms with E-state index in [1.54, 1.807) is 0 Å². The standard InChI is InChI=1S/C11H13FN2O3/c12-7-4-8(11(6-13)2-1-3-11)10(15)9(5-7)14(16)17/h4-5,15H,1-3,6,13H2. The molecule has 1 aliphatic carbocycles. The van der Waals surface area contributed by atoms with Crippen molar-refractivity contribution in [2.45, 2.75) is 24.7 Å². The Labute approximate surface area is 97.2 Å². The second-order valence-corrected chi connectivity index (χ2v) is 4.42. The fourth-order valence-electron chi connectivity index (χ4n) is 2.32. The number of nitro benzene ring substituents is 1. The van der Waals surface area contributed by atoms with Crippen molar-refractivity contribution in [3.63, 3.8) is 0 Å². The van der Waals surface area contributed by atoms with Crippen LogP contribution in [-0.2, 0) is 5.41 Å². The smallest absolute Gasteiger partial charge is 0.313 e. The molecule has 1 aromatic rings. The Balaban J connectivity index is 2.57. The molecule has 0 atom stereocenters. The first kappa shape index (κ1) is 11.8. The summed E-state index contributed by atoms with van der Waals surface area (Å²) in [6.45, 7) is 0.251. The number of nitrogens with zero attached hydrogens (tertiary/aromatic N) is 1. The van der Waals surface area contributed by atoms with Crippen LogP contribution >= 0.6 is 0 Å². The lowest BCUT2D eigenvalue weighted by atomic mass is 9.64. The average molecular weight is 240 g/mol. The molecule has 17 heavy (non-hydrogen) atoms. The fourth-order valence-corrected chi connectivity index (χ4v) is 2.32. The number of aromatic hydroxyl groups is 1. The van der Waals surface area contributed by atoms with E-state index >= 15 is 0 Å². The molecular formula is C11H13FN2O3. The number of halogens is 1. The number of hydrogen-bond donors (Lipinski definition) is 2. The van der Waals surface area contributed by atoms with Crippen molar-refractivity contribution in [1.29, 1.82) is 0 Å². The van der Waals surface area contributed by atoms with Gasteiger partial charge in [-0.25, -0.2) is 4.39 Å². The van der Waals surface area contributed by atoms with Crippen molar-refractivity contribution in [1.82, 2.24) is 0 Å². The first-order chi connectivity index (χ1) is 8.00. The Bertz CT molecular complexity index is 467. The molecule has 0 spiro atoms. The average Bonchev–Trinajstić information content (AvgIpc) is 2.21. The number of rotatable bonds is 3. The number of benzene rings is 1. The maximum absolute atomic E-state index is 13.3. The van der Waals surface area contributed by atoms with Crippen LogP contribution < -0.4 is 5.73 Å². The van der Waals surface area contributed by atoms with E-state index < -0.39 is 27.6 Å². The van der Waals surface area contributed by atoms with E-state index in [1.807, 2.05) is 0 Å². The minimum absolute atomic E-state index is 0.251. The molecule has 92 valence electrons. The molecule has 1 aromatic carbocycles. The van der Waals surface area contributed by atoms with Gasteiger partial charge in [0, 0.05) is 17.5 Å². The Kier molecular flexibility index (Phi) is 2.74. The Hall–Kier alpha value is -1.69. The molecule has 5 nitrogen and oxygen atoms in total. The largest absolute Gasteiger partial charge is 0.502 e. The zero-order chi connectivity index (χ0) is 12.6. The highest BCUT2D eigenvalue weighted by atomic mass is 19.1. The van der Waals surface area contributed by atoms with Gasteiger partial charge in [0.1, 0.15) is 5.82 Å². The molecule has 0 bridgehead atoms. The molecule has 1 saturated carbocycles. The number of nitro groups is 1. The van der Waals surface area contributed by atoms with E-state index in [-0.39, 0.29) is 12.1 Å². The SMILES string of the molecule is NCC1(c2cc(F)cc([N+](=O)[O-])c2O)CCC1. The summed E-state index contributed by atoms with van der Waals surface area (Å²) < 4.78 is 13.3. The predicted octanol–water partition coefficient (Wildman–Crippen LogP) is 1.82. The number of phenolic OH excluding ortho intramolecular Hbond substituents is 1. The van der Waals surface area contributed by atoms with E-state index in [9.17, 15) is 19.6 Å². The van der Waals surface area contributed by atoms with Crippen molar-refractivity contribution >= 4 is 5.69 Å². The van der Waals surface area contributed by atoms with Gasteiger partial charge in [-0.15, -0.1) is 0 Å². The lowest BCUT2D eigenvalue weighted by Gasteiger charge is -2.41. The van der Waals surface area contributed by atoms with Gasteiger partial charge < -0.3 is 10.8 Å². The molecule has 0 aliphatic heterocycles. The summed E-state index contributed by atoms with van der Waals surface area (Å²) in [5, 5.41) is 20.5. The molecule has 0 unspecified atom stereocenters. The molecule has 0 saturated heterocycles. The third-order valence-electron chi connectivity index (χ3n) is 3.52. The van der Waals surface area contributed by atoms with Gasteiger partial charge in [0.25, 0.3) is 0 Å². The van der Waals surface area contributed by atoms with Gasteiger partial charge in [0.2, 0.25) is 0 Å². The molecular weight excluding hydrogens is 227 g/mol. The van der Waals surface area contributed by atoms with Gasteiger partial charge in [-0.2, -0.15) is 0 Å². The minimum Gasteiger partial charge on any atom is -0.502 e. The van der Waals surface area contributed by atoms with Gasteiger partial charge in [0.15, 0.2) is 5.75 Å². The second kappa shape index (κ2) is 3.96. The third kappa shape index (κ3) is 1.74. The Morgan fingerprint density at radius 3 is 2.59 bits per heavy atom. The zero-order valence-corrected chi connectivity index (χ0v) is 9.15. The monoisotopic (exact) mass is 240 g/mol. The van der Waals surface area contributed by atoms with E-state index in [1.165, 1.54) is 0 Å². The molecule has 1 fully saturated rings. The Morgan fingerprint density at radius 2 is 2.18 bits per heavy atom. The normalized spacial score (nSPS) is 17.5. The van der Waals surface area contributed by atoms with Crippen LogP contribution in [0.1, 0.15) is 24.8 Å². The molecule has 0 heterocycles. The topological polar surface area (TPSA) is 89.4 Å². The van der Waals surface area contributed by atoms with E-state index in [0.717, 1.165) is 31.4 Å². The number of phenols is 1. The highest BCUT2D eigenvalue weighted by Gasteiger charge is 2.41. The van der Waals surface area contributed by atoms with Crippen LogP contribution in [0.25, 0.3) is 0 Å². The molecule has 6 heteroatoms. The molecule has 3 N–H and O–H groups in total. The van der Waals surface area contributed by atoms with Gasteiger partial charge in [-0.3, -0.25) is 10.1 Å². The van der Waals surface area contributed by atoms with Gasteiger partial charge in [0.05, 0.1) is 11.0 Å². The lowest BCUT2D eigenvalue weighted by Crippen LogP contribution is -2.41. The first-order valence-electron chi connectivity index (χ1n) is 5.37. The van der Waals surface area contributed by atoms with Crippen LogP contribution in [0.5, 0.6) is 5.75 Å². The molecule has 2 rings (SSSR count). The van der Waals surface area contributed by atoms with Gasteiger partial charge in [-0.05, 0) is 18.9 Å². The molecule has 0 amide bonds. The van der Waals surface area contributed by atoms with Crippen LogP contribution in [0, 0.1) is 15.9 Å². The molecule has 1 aliphatic rings. The summed E-state index contributed by atoms with van der Waals surface area (Å²) in [4.78, 5) is 9.91. The summed E-state index contributed by atoms with van der Waals surface area (Å²) >= 11 is 0. The van der Waals surface area contributed by atoms with Crippen LogP contribution in [0.2, 0.25) is 0 Å². The quantitative estimate of drug-likeness (QED) is 0.623. The Morgan fingerprint density at radius 1 is 1.53 bits per heavy atom. The first-order valence-corrected chi connectivity index (χ1v) is 5.37. The van der Waals surface area contributed by atoms with E-state index in [2.05, 4.69) is 0 Å². The summed E-state index contributed by atoms with van der Waals surface area (Å²) in [6, 6.07) is 1.87. The van der Waals surface area contributed by atoms with Gasteiger partial charge in [-0.1, -0.05) is 6.42 Å². The van der Waals surface area contributed by atoms with E-state index in [4.69, 9.17) is 5.73 Å². The number of nitrogens with two attached hydrogens (primary N) is 1. The zero-order valence-electron chi connectivity index (χ0n) is 9.15. The minimum atomic E-state index is -0.787. The van der Waals surface area contributed by atoms with Crippen LogP contribution in [0.3, 0.4) is 0 Å².